The molecule has 2 atom stereocenters. The number of nitrogens with zero attached hydrogens (tertiary/aromatic N) is 1. The Balaban J connectivity index is 2.23. The standard InChI is InChI=1S/C16H19Cl2N3O3/c1-4-9(2)19-13(22)8-21-14(23)16(3,20-15(21)24)11-6-5-10(17)7-12(11)18/h5-7,9H,4,8H2,1-3H3,(H,19,22)(H,20,24)/t9-,16-/m0/s1. The second-order valence-electron chi connectivity index (χ2n) is 5.95. The van der Waals surface area contributed by atoms with Crippen LogP contribution >= 0.6 is 23.2 Å². The number of hydrogen-bond donors (Lipinski definition) is 2. The summed E-state index contributed by atoms with van der Waals surface area (Å²) in [5.74, 6) is -0.921. The number of hydrogen-bond acceptors (Lipinski definition) is 3. The maximum absolute atomic E-state index is 12.7. The molecule has 0 aromatic heterocycles. The summed E-state index contributed by atoms with van der Waals surface area (Å²) in [4.78, 5) is 37.8. The van der Waals surface area contributed by atoms with Gasteiger partial charge in [0.15, 0.2) is 0 Å². The Morgan fingerprint density at radius 3 is 2.62 bits per heavy atom. The van der Waals surface area contributed by atoms with Crippen LogP contribution in [-0.2, 0) is 15.1 Å². The molecular formula is C16H19Cl2N3O3. The summed E-state index contributed by atoms with van der Waals surface area (Å²) in [5.41, 5.74) is -0.910. The molecule has 1 aromatic carbocycles. The molecule has 4 amide bonds. The molecule has 6 nitrogen and oxygen atoms in total. The lowest BCUT2D eigenvalue weighted by molar-refractivity contribution is -0.135. The highest BCUT2D eigenvalue weighted by atomic mass is 35.5. The summed E-state index contributed by atoms with van der Waals surface area (Å²) >= 11 is 12.0. The van der Waals surface area contributed by atoms with Gasteiger partial charge in [-0.05, 0) is 32.4 Å². The third-order valence-corrected chi connectivity index (χ3v) is 4.61. The third-order valence-electron chi connectivity index (χ3n) is 4.07. The molecule has 0 saturated carbocycles. The highest BCUT2D eigenvalue weighted by molar-refractivity contribution is 6.35. The van der Waals surface area contributed by atoms with E-state index in [1.165, 1.54) is 6.07 Å². The van der Waals surface area contributed by atoms with Gasteiger partial charge in [-0.1, -0.05) is 36.2 Å². The molecule has 1 fully saturated rings. The molecule has 130 valence electrons. The maximum Gasteiger partial charge on any atom is 0.325 e. The van der Waals surface area contributed by atoms with Crippen LogP contribution in [0.1, 0.15) is 32.8 Å². The van der Waals surface area contributed by atoms with E-state index >= 15 is 0 Å². The van der Waals surface area contributed by atoms with Crippen LogP contribution in [0.25, 0.3) is 0 Å². The van der Waals surface area contributed by atoms with Gasteiger partial charge in [0.1, 0.15) is 12.1 Å². The summed E-state index contributed by atoms with van der Waals surface area (Å²) < 4.78 is 0. The van der Waals surface area contributed by atoms with Crippen LogP contribution in [-0.4, -0.2) is 35.3 Å². The van der Waals surface area contributed by atoms with Crippen LogP contribution in [0.3, 0.4) is 0 Å². The molecule has 0 unspecified atom stereocenters. The van der Waals surface area contributed by atoms with E-state index in [1.54, 1.807) is 19.1 Å². The number of carbonyl (C=O) groups excluding carboxylic acids is 3. The fourth-order valence-electron chi connectivity index (χ4n) is 2.48. The molecule has 0 radical (unpaired) electrons. The lowest BCUT2D eigenvalue weighted by Gasteiger charge is -2.23. The fourth-order valence-corrected chi connectivity index (χ4v) is 3.08. The van der Waals surface area contributed by atoms with Gasteiger partial charge in [0.05, 0.1) is 0 Å². The molecule has 0 aliphatic carbocycles. The zero-order valence-corrected chi connectivity index (χ0v) is 15.2. The van der Waals surface area contributed by atoms with E-state index in [9.17, 15) is 14.4 Å². The Bertz CT molecular complexity index is 695. The average Bonchev–Trinajstić information content (AvgIpc) is 2.71. The van der Waals surface area contributed by atoms with Crippen molar-refractivity contribution >= 4 is 41.0 Å². The molecule has 0 spiro atoms. The highest BCUT2D eigenvalue weighted by Gasteiger charge is 2.50. The van der Waals surface area contributed by atoms with Gasteiger partial charge in [0, 0.05) is 21.7 Å². The molecule has 24 heavy (non-hydrogen) atoms. The normalized spacial score (nSPS) is 21.6. The number of nitrogens with one attached hydrogen (secondary N) is 2. The van der Waals surface area contributed by atoms with Gasteiger partial charge in [-0.25, -0.2) is 4.79 Å². The zero-order valence-electron chi connectivity index (χ0n) is 13.7. The predicted molar refractivity (Wildman–Crippen MR) is 92.0 cm³/mol. The largest absolute Gasteiger partial charge is 0.352 e. The van der Waals surface area contributed by atoms with E-state index < -0.39 is 17.5 Å². The van der Waals surface area contributed by atoms with Crippen molar-refractivity contribution in [2.24, 2.45) is 0 Å². The second-order valence-corrected chi connectivity index (χ2v) is 6.79. The number of amides is 4. The lowest BCUT2D eigenvalue weighted by Crippen LogP contribution is -2.44. The lowest BCUT2D eigenvalue weighted by atomic mass is 9.92. The van der Waals surface area contributed by atoms with Gasteiger partial charge in [0.25, 0.3) is 5.91 Å². The summed E-state index contributed by atoms with van der Waals surface area (Å²) in [7, 11) is 0. The Morgan fingerprint density at radius 1 is 1.38 bits per heavy atom. The van der Waals surface area contributed by atoms with Crippen molar-refractivity contribution in [2.75, 3.05) is 6.54 Å². The van der Waals surface area contributed by atoms with Crippen LogP contribution in [0.5, 0.6) is 0 Å². The Kier molecular flexibility index (Phi) is 5.40. The SMILES string of the molecule is CC[C@H](C)NC(=O)CN1C(=O)N[C@@](C)(c2ccc(Cl)cc2Cl)C1=O. The summed E-state index contributed by atoms with van der Waals surface area (Å²) in [6.45, 7) is 4.99. The van der Waals surface area contributed by atoms with E-state index in [0.29, 0.717) is 10.6 Å². The Morgan fingerprint density at radius 2 is 2.04 bits per heavy atom. The first-order chi connectivity index (χ1) is 11.2. The van der Waals surface area contributed by atoms with Gasteiger partial charge in [-0.15, -0.1) is 0 Å². The minimum atomic E-state index is -1.34. The molecule has 8 heteroatoms. The molecular weight excluding hydrogens is 353 g/mol. The summed E-state index contributed by atoms with van der Waals surface area (Å²) in [6.07, 6.45) is 0.754. The van der Waals surface area contributed by atoms with Crippen molar-refractivity contribution in [1.82, 2.24) is 15.5 Å². The van der Waals surface area contributed by atoms with Crippen LogP contribution in [0, 0.1) is 0 Å². The van der Waals surface area contributed by atoms with E-state index in [0.717, 1.165) is 11.3 Å². The van der Waals surface area contributed by atoms with Gasteiger partial charge in [-0.3, -0.25) is 14.5 Å². The van der Waals surface area contributed by atoms with Gasteiger partial charge in [0.2, 0.25) is 5.91 Å². The smallest absolute Gasteiger partial charge is 0.325 e. The van der Waals surface area contributed by atoms with Crippen molar-refractivity contribution in [1.29, 1.82) is 0 Å². The van der Waals surface area contributed by atoms with Crippen molar-refractivity contribution in [3.8, 4) is 0 Å². The van der Waals surface area contributed by atoms with E-state index in [1.807, 2.05) is 13.8 Å². The number of halogens is 2. The first-order valence-electron chi connectivity index (χ1n) is 7.58. The van der Waals surface area contributed by atoms with Crippen LogP contribution < -0.4 is 10.6 Å². The minimum absolute atomic E-state index is 0.0321. The first kappa shape index (κ1) is 18.5. The maximum atomic E-state index is 12.7. The zero-order chi connectivity index (χ0) is 18.1. The molecule has 2 N–H and O–H groups in total. The number of imide groups is 1. The Labute approximate surface area is 150 Å². The fraction of sp³-hybridized carbons (Fsp3) is 0.438. The average molecular weight is 372 g/mol. The number of rotatable bonds is 5. The molecule has 1 heterocycles. The van der Waals surface area contributed by atoms with Crippen LogP contribution in [0.4, 0.5) is 4.79 Å². The van der Waals surface area contributed by atoms with E-state index in [2.05, 4.69) is 10.6 Å². The van der Waals surface area contributed by atoms with Gasteiger partial charge in [-0.2, -0.15) is 0 Å². The minimum Gasteiger partial charge on any atom is -0.352 e. The van der Waals surface area contributed by atoms with E-state index in [-0.39, 0.29) is 23.5 Å². The second kappa shape index (κ2) is 6.99. The molecule has 1 saturated heterocycles. The number of urea groups is 1. The quantitative estimate of drug-likeness (QED) is 0.780. The molecule has 0 bridgehead atoms. The third kappa shape index (κ3) is 3.49. The molecule has 2 rings (SSSR count). The predicted octanol–water partition coefficient (Wildman–Crippen LogP) is 2.68. The van der Waals surface area contributed by atoms with Crippen LogP contribution in [0.2, 0.25) is 10.0 Å². The molecule has 1 aliphatic heterocycles. The summed E-state index contributed by atoms with van der Waals surface area (Å²) in [5, 5.41) is 6.03. The summed E-state index contributed by atoms with van der Waals surface area (Å²) in [6, 6.07) is 4.02. The molecule has 1 aliphatic rings. The van der Waals surface area contributed by atoms with Crippen molar-refractivity contribution < 1.29 is 14.4 Å². The molecule has 1 aromatic rings. The monoisotopic (exact) mass is 371 g/mol. The number of carbonyl (C=O) groups is 3. The topological polar surface area (TPSA) is 78.5 Å². The Hall–Kier alpha value is -1.79. The highest BCUT2D eigenvalue weighted by Crippen LogP contribution is 2.34. The van der Waals surface area contributed by atoms with E-state index in [4.69, 9.17) is 23.2 Å². The van der Waals surface area contributed by atoms with Crippen molar-refractivity contribution in [2.45, 2.75) is 38.8 Å². The van der Waals surface area contributed by atoms with Crippen molar-refractivity contribution in [3.63, 3.8) is 0 Å². The van der Waals surface area contributed by atoms with Crippen LogP contribution in [0.15, 0.2) is 18.2 Å². The van der Waals surface area contributed by atoms with Gasteiger partial charge >= 0.3 is 6.03 Å². The number of benzene rings is 1. The first-order valence-corrected chi connectivity index (χ1v) is 8.33. The van der Waals surface area contributed by atoms with Crippen molar-refractivity contribution in [3.05, 3.63) is 33.8 Å². The van der Waals surface area contributed by atoms with Gasteiger partial charge < -0.3 is 10.6 Å².